The van der Waals surface area contributed by atoms with Gasteiger partial charge in [-0.3, -0.25) is 9.69 Å². The molecule has 0 saturated carbocycles. The number of carbonyl (C=O) groups is 1. The predicted molar refractivity (Wildman–Crippen MR) is 94.7 cm³/mol. The molecule has 1 heterocycles. The number of hydrogen-bond donors (Lipinski definition) is 0. The zero-order valence-electron chi connectivity index (χ0n) is 14.6. The van der Waals surface area contributed by atoms with E-state index >= 15 is 0 Å². The summed E-state index contributed by atoms with van der Waals surface area (Å²) in [5.41, 5.74) is 6.81. The Balaban J connectivity index is 1.92. The van der Waals surface area contributed by atoms with Gasteiger partial charge in [-0.15, -0.1) is 0 Å². The van der Waals surface area contributed by atoms with Crippen LogP contribution in [0.25, 0.3) is 5.69 Å². The van der Waals surface area contributed by atoms with Crippen LogP contribution in [0.2, 0.25) is 0 Å². The molecule has 0 bridgehead atoms. The van der Waals surface area contributed by atoms with Crippen molar-refractivity contribution in [3.8, 4) is 11.8 Å². The van der Waals surface area contributed by atoms with Crippen molar-refractivity contribution in [3.05, 3.63) is 52.3 Å². The van der Waals surface area contributed by atoms with Gasteiger partial charge in [0.25, 0.3) is 0 Å². The lowest BCUT2D eigenvalue weighted by molar-refractivity contribution is 0.0952. The maximum Gasteiger partial charge on any atom is 0.178 e. The van der Waals surface area contributed by atoms with E-state index in [1.807, 2.05) is 19.9 Å². The van der Waals surface area contributed by atoms with Crippen molar-refractivity contribution in [3.63, 3.8) is 0 Å². The molecule has 0 aliphatic heterocycles. The molecule has 1 aliphatic carbocycles. The monoisotopic (exact) mass is 321 g/mol. The maximum absolute atomic E-state index is 12.6. The minimum atomic E-state index is 0.0632. The van der Waals surface area contributed by atoms with E-state index in [1.54, 1.807) is 11.9 Å². The fourth-order valence-corrected chi connectivity index (χ4v) is 3.65. The number of hydrogen-bond acceptors (Lipinski definition) is 3. The summed E-state index contributed by atoms with van der Waals surface area (Å²) >= 11 is 0. The molecular formula is C20H23N3O. The minimum absolute atomic E-state index is 0.0632. The minimum Gasteiger partial charge on any atom is -0.318 e. The summed E-state index contributed by atoms with van der Waals surface area (Å²) in [6.45, 7) is 4.56. The Kier molecular flexibility index (Phi) is 4.55. The van der Waals surface area contributed by atoms with Crippen molar-refractivity contribution in [2.45, 2.75) is 33.1 Å². The molecule has 0 amide bonds. The first kappa shape index (κ1) is 16.5. The van der Waals surface area contributed by atoms with Gasteiger partial charge in [0, 0.05) is 22.6 Å². The molecule has 1 aromatic carbocycles. The number of rotatable bonds is 5. The van der Waals surface area contributed by atoms with Crippen LogP contribution in [0.15, 0.2) is 24.3 Å². The normalized spacial score (nSPS) is 13.1. The highest BCUT2D eigenvalue weighted by Gasteiger charge is 2.19. The van der Waals surface area contributed by atoms with Crippen LogP contribution < -0.4 is 0 Å². The van der Waals surface area contributed by atoms with Gasteiger partial charge >= 0.3 is 0 Å². The molecule has 24 heavy (non-hydrogen) atoms. The van der Waals surface area contributed by atoms with Crippen molar-refractivity contribution in [2.24, 2.45) is 0 Å². The smallest absolute Gasteiger partial charge is 0.178 e. The van der Waals surface area contributed by atoms with Crippen molar-refractivity contribution < 1.29 is 4.79 Å². The molecule has 0 N–H and O–H groups in total. The van der Waals surface area contributed by atoms with Crippen molar-refractivity contribution >= 4 is 5.78 Å². The Labute approximate surface area is 143 Å². The quantitative estimate of drug-likeness (QED) is 0.627. The Hall–Kier alpha value is -2.38. The molecule has 0 saturated heterocycles. The molecule has 124 valence electrons. The second-order valence-electron chi connectivity index (χ2n) is 6.68. The topological polar surface area (TPSA) is 49.0 Å². The highest BCUT2D eigenvalue weighted by molar-refractivity contribution is 5.99. The molecular weight excluding hydrogens is 298 g/mol. The Morgan fingerprint density at radius 2 is 2.00 bits per heavy atom. The van der Waals surface area contributed by atoms with Crippen LogP contribution >= 0.6 is 0 Å². The number of likely N-dealkylation sites (N-methyl/N-ethyl adjacent to an activating group) is 1. The van der Waals surface area contributed by atoms with Crippen molar-refractivity contribution in [1.82, 2.24) is 9.47 Å². The fraction of sp³-hybridized carbons (Fsp3) is 0.400. The molecule has 0 spiro atoms. The Morgan fingerprint density at radius 1 is 1.25 bits per heavy atom. The van der Waals surface area contributed by atoms with Gasteiger partial charge in [-0.2, -0.15) is 5.26 Å². The van der Waals surface area contributed by atoms with Gasteiger partial charge in [0.2, 0.25) is 0 Å². The molecule has 1 aliphatic rings. The second kappa shape index (κ2) is 6.62. The van der Waals surface area contributed by atoms with E-state index in [9.17, 15) is 4.79 Å². The lowest BCUT2D eigenvalue weighted by Crippen LogP contribution is -2.26. The summed E-state index contributed by atoms with van der Waals surface area (Å²) in [7, 11) is 1.79. The summed E-state index contributed by atoms with van der Waals surface area (Å²) in [6, 6.07) is 10.7. The summed E-state index contributed by atoms with van der Waals surface area (Å²) in [5.74, 6) is 0.0632. The van der Waals surface area contributed by atoms with E-state index in [1.165, 1.54) is 24.0 Å². The summed E-state index contributed by atoms with van der Waals surface area (Å²) in [6.07, 6.45) is 3.55. The van der Waals surface area contributed by atoms with Gasteiger partial charge < -0.3 is 4.57 Å². The molecule has 0 radical (unpaired) electrons. The first-order valence-corrected chi connectivity index (χ1v) is 8.41. The van der Waals surface area contributed by atoms with Crippen molar-refractivity contribution in [1.29, 1.82) is 5.26 Å². The molecule has 4 heteroatoms. The highest BCUT2D eigenvalue weighted by atomic mass is 16.1. The molecule has 2 aromatic rings. The lowest BCUT2D eigenvalue weighted by atomic mass is 10.1. The van der Waals surface area contributed by atoms with E-state index in [4.69, 9.17) is 5.26 Å². The van der Waals surface area contributed by atoms with Crippen molar-refractivity contribution in [2.75, 3.05) is 20.1 Å². The van der Waals surface area contributed by atoms with E-state index in [2.05, 4.69) is 28.8 Å². The van der Waals surface area contributed by atoms with Gasteiger partial charge in [0.1, 0.15) is 0 Å². The van der Waals surface area contributed by atoms with Crippen LogP contribution in [-0.2, 0) is 12.8 Å². The zero-order valence-corrected chi connectivity index (χ0v) is 14.6. The number of fused-ring (bicyclic) bond motifs is 1. The third-order valence-electron chi connectivity index (χ3n) is 4.83. The third kappa shape index (κ3) is 3.00. The van der Waals surface area contributed by atoms with Crippen LogP contribution in [0.4, 0.5) is 0 Å². The van der Waals surface area contributed by atoms with Crippen LogP contribution in [0.1, 0.15) is 39.3 Å². The predicted octanol–water partition coefficient (Wildman–Crippen LogP) is 3.22. The van der Waals surface area contributed by atoms with E-state index in [0.717, 1.165) is 29.1 Å². The third-order valence-corrected chi connectivity index (χ3v) is 4.83. The lowest BCUT2D eigenvalue weighted by Gasteiger charge is -2.13. The standard InChI is InChI=1S/C20H23N3O/c1-14-11-19(20(24)13-22(3)10-9-21)15(2)23(14)18-8-7-16-5-4-6-17(16)12-18/h7-8,11-12H,4-6,10,13H2,1-3H3. The molecule has 0 atom stereocenters. The van der Waals surface area contributed by atoms with Crippen LogP contribution in [-0.4, -0.2) is 35.4 Å². The molecule has 0 unspecified atom stereocenters. The van der Waals surface area contributed by atoms with Crippen LogP contribution in [0.5, 0.6) is 0 Å². The average molecular weight is 321 g/mol. The summed E-state index contributed by atoms with van der Waals surface area (Å²) in [4.78, 5) is 14.3. The number of aryl methyl sites for hydroxylation is 3. The second-order valence-corrected chi connectivity index (χ2v) is 6.68. The molecule has 4 nitrogen and oxygen atoms in total. The molecule has 1 aromatic heterocycles. The van der Waals surface area contributed by atoms with Gasteiger partial charge in [-0.1, -0.05) is 6.07 Å². The first-order chi connectivity index (χ1) is 11.5. The molecule has 0 fully saturated rings. The average Bonchev–Trinajstić information content (AvgIpc) is 3.11. The summed E-state index contributed by atoms with van der Waals surface area (Å²) in [5, 5.41) is 8.74. The number of ketones is 1. The van der Waals surface area contributed by atoms with Gasteiger partial charge in [0.15, 0.2) is 5.78 Å². The van der Waals surface area contributed by atoms with E-state index in [-0.39, 0.29) is 18.9 Å². The number of aromatic nitrogens is 1. The zero-order chi connectivity index (χ0) is 17.3. The van der Waals surface area contributed by atoms with E-state index < -0.39 is 0 Å². The largest absolute Gasteiger partial charge is 0.318 e. The Bertz CT molecular complexity index is 826. The number of benzene rings is 1. The molecule has 3 rings (SSSR count). The maximum atomic E-state index is 12.6. The number of nitrogens with zero attached hydrogens (tertiary/aromatic N) is 3. The number of nitriles is 1. The van der Waals surface area contributed by atoms with Gasteiger partial charge in [-0.05, 0) is 69.5 Å². The Morgan fingerprint density at radius 3 is 2.75 bits per heavy atom. The fourth-order valence-electron chi connectivity index (χ4n) is 3.65. The number of carbonyl (C=O) groups excluding carboxylic acids is 1. The van der Waals surface area contributed by atoms with E-state index in [0.29, 0.717) is 0 Å². The summed E-state index contributed by atoms with van der Waals surface area (Å²) < 4.78 is 2.16. The van der Waals surface area contributed by atoms with Gasteiger partial charge in [0.05, 0.1) is 19.2 Å². The number of Topliss-reactive ketones (excluding diaryl/α,β-unsaturated/α-hetero) is 1. The van der Waals surface area contributed by atoms with Gasteiger partial charge in [-0.25, -0.2) is 0 Å². The first-order valence-electron chi connectivity index (χ1n) is 8.41. The van der Waals surface area contributed by atoms with Crippen LogP contribution in [0, 0.1) is 25.2 Å². The highest BCUT2D eigenvalue weighted by Crippen LogP contribution is 2.27. The van der Waals surface area contributed by atoms with Crippen LogP contribution in [0.3, 0.4) is 0 Å². The SMILES string of the molecule is Cc1cc(C(=O)CN(C)CC#N)c(C)n1-c1ccc2c(c1)CCC2.